The third-order valence-electron chi connectivity index (χ3n) is 5.63. The lowest BCUT2D eigenvalue weighted by molar-refractivity contribution is -0.136. The van der Waals surface area contributed by atoms with Gasteiger partial charge in [-0.05, 0) is 54.3 Å². The van der Waals surface area contributed by atoms with Crippen molar-refractivity contribution in [2.45, 2.75) is 26.2 Å². The van der Waals surface area contributed by atoms with Crippen LogP contribution in [0.2, 0.25) is 5.02 Å². The summed E-state index contributed by atoms with van der Waals surface area (Å²) in [4.78, 5) is 12.3. The number of nitrogens with zero attached hydrogens (tertiary/aromatic N) is 1. The molecule has 0 radical (unpaired) electrons. The smallest absolute Gasteiger partial charge is 0.349 e. The van der Waals surface area contributed by atoms with E-state index in [9.17, 15) is 10.1 Å². The molecule has 0 fully saturated rings. The molecule has 4 rings (SSSR count). The summed E-state index contributed by atoms with van der Waals surface area (Å²) in [6.07, 6.45) is 0.920. The van der Waals surface area contributed by atoms with Crippen molar-refractivity contribution in [1.29, 1.82) is 5.26 Å². The van der Waals surface area contributed by atoms with Crippen molar-refractivity contribution < 1.29 is 19.0 Å². The van der Waals surface area contributed by atoms with Gasteiger partial charge in [0.15, 0.2) is 6.61 Å². The van der Waals surface area contributed by atoms with Gasteiger partial charge in [0.1, 0.15) is 28.9 Å². The van der Waals surface area contributed by atoms with E-state index >= 15 is 0 Å². The summed E-state index contributed by atoms with van der Waals surface area (Å²) >= 11 is 6.01. The highest BCUT2D eigenvalue weighted by molar-refractivity contribution is 6.31. The van der Waals surface area contributed by atoms with E-state index in [1.807, 2.05) is 31.2 Å². The number of allylic oxidation sites excluding steroid dienone is 1. The van der Waals surface area contributed by atoms with Crippen molar-refractivity contribution in [3.8, 4) is 23.3 Å². The molecule has 2 N–H and O–H groups in total. The average Bonchev–Trinajstić information content (AvgIpc) is 2.84. The second-order valence-electron chi connectivity index (χ2n) is 7.89. The molecule has 0 aliphatic carbocycles. The summed E-state index contributed by atoms with van der Waals surface area (Å²) in [6.45, 7) is 3.66. The Bertz CT molecular complexity index is 1310. The van der Waals surface area contributed by atoms with Gasteiger partial charge in [-0.1, -0.05) is 48.9 Å². The topological polar surface area (TPSA) is 94.6 Å². The molecular formula is C27H23ClN2O4. The summed E-state index contributed by atoms with van der Waals surface area (Å²) in [7, 11) is 0. The van der Waals surface area contributed by atoms with E-state index in [4.69, 9.17) is 31.5 Å². The molecule has 7 heteroatoms. The fourth-order valence-electron chi connectivity index (χ4n) is 3.80. The summed E-state index contributed by atoms with van der Waals surface area (Å²) < 4.78 is 16.6. The van der Waals surface area contributed by atoms with Gasteiger partial charge in [-0.15, -0.1) is 0 Å². The molecule has 0 saturated heterocycles. The predicted molar refractivity (Wildman–Crippen MR) is 129 cm³/mol. The lowest BCUT2D eigenvalue weighted by Gasteiger charge is -2.26. The van der Waals surface area contributed by atoms with Crippen LogP contribution < -0.4 is 19.9 Å². The molecular weight excluding hydrogens is 452 g/mol. The Kier molecular flexibility index (Phi) is 6.76. The van der Waals surface area contributed by atoms with Crippen LogP contribution in [0.3, 0.4) is 0 Å². The molecule has 0 spiro atoms. The number of nitrogens with two attached hydrogens (primary N) is 1. The zero-order valence-corrected chi connectivity index (χ0v) is 19.6. The second-order valence-corrected chi connectivity index (χ2v) is 8.30. The molecule has 0 amide bonds. The minimum atomic E-state index is -0.573. The fraction of sp³-hybridized carbons (Fsp3) is 0.185. The van der Waals surface area contributed by atoms with Crippen LogP contribution >= 0.6 is 11.6 Å². The zero-order valence-electron chi connectivity index (χ0n) is 18.8. The van der Waals surface area contributed by atoms with E-state index in [1.54, 1.807) is 36.4 Å². The maximum Gasteiger partial charge on any atom is 0.349 e. The van der Waals surface area contributed by atoms with Gasteiger partial charge in [0, 0.05) is 16.7 Å². The number of nitriles is 1. The van der Waals surface area contributed by atoms with Crippen LogP contribution in [0.5, 0.6) is 17.2 Å². The van der Waals surface area contributed by atoms with E-state index in [0.29, 0.717) is 22.1 Å². The first-order chi connectivity index (χ1) is 16.4. The number of fused-ring (bicyclic) bond motifs is 1. The molecule has 1 aliphatic rings. The van der Waals surface area contributed by atoms with Crippen molar-refractivity contribution in [2.75, 3.05) is 6.61 Å². The first-order valence-electron chi connectivity index (χ1n) is 10.8. The number of carbonyl (C=O) groups excluding carboxylic acids is 1. The SMILES string of the molecule is CCc1ccc(C2C(C#N)=C(N)Oc3cc(OC(=O)COc4ccc(Cl)c(C)c4)ccc32)cc1. The number of esters is 1. The van der Waals surface area contributed by atoms with Crippen LogP contribution in [0.1, 0.15) is 35.1 Å². The third-order valence-corrected chi connectivity index (χ3v) is 6.05. The highest BCUT2D eigenvalue weighted by Crippen LogP contribution is 2.43. The first-order valence-corrected chi connectivity index (χ1v) is 11.2. The maximum atomic E-state index is 12.3. The summed E-state index contributed by atoms with van der Waals surface area (Å²) in [5.74, 6) is 0.321. The fourth-order valence-corrected chi connectivity index (χ4v) is 3.92. The molecule has 3 aromatic carbocycles. The predicted octanol–water partition coefficient (Wildman–Crippen LogP) is 5.41. The van der Waals surface area contributed by atoms with E-state index in [0.717, 1.165) is 23.1 Å². The number of halogens is 1. The summed E-state index contributed by atoms with van der Waals surface area (Å²) in [5.41, 5.74) is 10.2. The van der Waals surface area contributed by atoms with Crippen molar-refractivity contribution in [3.63, 3.8) is 0 Å². The van der Waals surface area contributed by atoms with Gasteiger partial charge in [-0.2, -0.15) is 5.26 Å². The van der Waals surface area contributed by atoms with Gasteiger partial charge < -0.3 is 19.9 Å². The number of rotatable bonds is 6. The molecule has 1 atom stereocenters. The molecule has 0 saturated carbocycles. The van der Waals surface area contributed by atoms with Crippen molar-refractivity contribution in [2.24, 2.45) is 5.73 Å². The van der Waals surface area contributed by atoms with Crippen LogP contribution in [0.4, 0.5) is 0 Å². The standard InChI is InChI=1S/C27H23ClN2O4/c1-3-17-4-6-18(7-5-17)26-21-10-8-20(13-24(21)34-27(30)22(26)14-29)33-25(31)15-32-19-9-11-23(28)16(2)12-19/h4-13,26H,3,15,30H2,1-2H3. The van der Waals surface area contributed by atoms with Crippen LogP contribution in [-0.2, 0) is 11.2 Å². The number of benzene rings is 3. The molecule has 34 heavy (non-hydrogen) atoms. The van der Waals surface area contributed by atoms with E-state index in [-0.39, 0.29) is 24.2 Å². The van der Waals surface area contributed by atoms with Crippen LogP contribution in [-0.4, -0.2) is 12.6 Å². The Labute approximate surface area is 203 Å². The molecule has 1 heterocycles. The Balaban J connectivity index is 1.53. The molecule has 3 aromatic rings. The van der Waals surface area contributed by atoms with Crippen LogP contribution in [0.15, 0.2) is 72.1 Å². The maximum absolute atomic E-state index is 12.3. The Morgan fingerprint density at radius 2 is 1.85 bits per heavy atom. The van der Waals surface area contributed by atoms with Gasteiger partial charge in [0.25, 0.3) is 0 Å². The van der Waals surface area contributed by atoms with Gasteiger partial charge in [0.05, 0.1) is 5.92 Å². The van der Waals surface area contributed by atoms with Gasteiger partial charge >= 0.3 is 5.97 Å². The monoisotopic (exact) mass is 474 g/mol. The highest BCUT2D eigenvalue weighted by atomic mass is 35.5. The largest absolute Gasteiger partial charge is 0.482 e. The number of aryl methyl sites for hydroxylation is 2. The molecule has 6 nitrogen and oxygen atoms in total. The van der Waals surface area contributed by atoms with Gasteiger partial charge in [0.2, 0.25) is 5.88 Å². The second kappa shape index (κ2) is 9.90. The molecule has 172 valence electrons. The Hall–Kier alpha value is -3.95. The number of hydrogen-bond donors (Lipinski definition) is 1. The van der Waals surface area contributed by atoms with Crippen LogP contribution in [0, 0.1) is 18.3 Å². The first kappa shape index (κ1) is 23.2. The third kappa shape index (κ3) is 4.85. The Morgan fingerprint density at radius 3 is 2.53 bits per heavy atom. The highest BCUT2D eigenvalue weighted by Gasteiger charge is 2.31. The van der Waals surface area contributed by atoms with Crippen LogP contribution in [0.25, 0.3) is 0 Å². The normalized spacial score (nSPS) is 14.6. The minimum Gasteiger partial charge on any atom is -0.482 e. The zero-order chi connectivity index (χ0) is 24.2. The van der Waals surface area contributed by atoms with E-state index in [1.165, 1.54) is 5.56 Å². The van der Waals surface area contributed by atoms with E-state index < -0.39 is 5.97 Å². The number of carbonyl (C=O) groups is 1. The van der Waals surface area contributed by atoms with Gasteiger partial charge in [-0.25, -0.2) is 4.79 Å². The molecule has 1 aliphatic heterocycles. The molecule has 0 bridgehead atoms. The van der Waals surface area contributed by atoms with Crippen molar-refractivity contribution in [1.82, 2.24) is 0 Å². The summed E-state index contributed by atoms with van der Waals surface area (Å²) in [5, 5.41) is 10.3. The minimum absolute atomic E-state index is 0.0319. The number of ether oxygens (including phenoxy) is 3. The van der Waals surface area contributed by atoms with Gasteiger partial charge in [-0.3, -0.25) is 0 Å². The molecule has 0 aromatic heterocycles. The Morgan fingerprint density at radius 1 is 1.12 bits per heavy atom. The van der Waals surface area contributed by atoms with E-state index in [2.05, 4.69) is 13.0 Å². The molecule has 1 unspecified atom stereocenters. The quantitative estimate of drug-likeness (QED) is 0.379. The number of hydrogen-bond acceptors (Lipinski definition) is 6. The lowest BCUT2D eigenvalue weighted by atomic mass is 9.83. The summed E-state index contributed by atoms with van der Waals surface area (Å²) in [6, 6.07) is 20.4. The lowest BCUT2D eigenvalue weighted by Crippen LogP contribution is -2.21. The van der Waals surface area contributed by atoms with Crippen molar-refractivity contribution >= 4 is 17.6 Å². The van der Waals surface area contributed by atoms with Crippen molar-refractivity contribution in [3.05, 3.63) is 99.4 Å². The average molecular weight is 475 g/mol.